The molecule has 0 saturated carbocycles. The summed E-state index contributed by atoms with van der Waals surface area (Å²) in [5.41, 5.74) is 0. The molecule has 1 aliphatic rings. The Bertz CT molecular complexity index is 432. The first kappa shape index (κ1) is 16.1. The van der Waals surface area contributed by atoms with Gasteiger partial charge in [0.25, 0.3) is 0 Å². The van der Waals surface area contributed by atoms with Gasteiger partial charge in [-0.05, 0) is 42.6 Å². The Kier molecular flexibility index (Phi) is 5.92. The van der Waals surface area contributed by atoms with Crippen molar-refractivity contribution in [3.63, 3.8) is 0 Å². The second kappa shape index (κ2) is 6.99. The maximum atomic E-state index is 6.31. The second-order valence-corrected chi connectivity index (χ2v) is 11.5. The van der Waals surface area contributed by atoms with Crippen LogP contribution in [0.5, 0.6) is 0 Å². The Labute approximate surface area is 119 Å². The van der Waals surface area contributed by atoms with E-state index < -0.39 is 8.32 Å². The fourth-order valence-electron chi connectivity index (χ4n) is 1.54. The number of rotatable bonds is 3. The predicted molar refractivity (Wildman–Crippen MR) is 85.2 cm³/mol. The molecular formula is C17H26OSi. The Morgan fingerprint density at radius 3 is 2.42 bits per heavy atom. The van der Waals surface area contributed by atoms with Gasteiger partial charge >= 0.3 is 0 Å². The number of hydrogen-bond acceptors (Lipinski definition) is 1. The molecule has 0 amide bonds. The highest BCUT2D eigenvalue weighted by Gasteiger charge is 2.37. The average molecular weight is 274 g/mol. The van der Waals surface area contributed by atoms with Crippen LogP contribution in [0.15, 0.2) is 12.2 Å². The van der Waals surface area contributed by atoms with Gasteiger partial charge in [-0.25, -0.2) is 0 Å². The van der Waals surface area contributed by atoms with Gasteiger partial charge in [0.1, 0.15) is 0 Å². The topological polar surface area (TPSA) is 9.23 Å². The average Bonchev–Trinajstić information content (AvgIpc) is 2.32. The molecule has 0 fully saturated rings. The third kappa shape index (κ3) is 5.68. The summed E-state index contributed by atoms with van der Waals surface area (Å²) in [7, 11) is -1.64. The van der Waals surface area contributed by atoms with Gasteiger partial charge < -0.3 is 4.43 Å². The Hall–Kier alpha value is -0.963. The first-order valence-corrected chi connectivity index (χ1v) is 9.99. The van der Waals surface area contributed by atoms with Crippen LogP contribution in [0.25, 0.3) is 0 Å². The van der Waals surface area contributed by atoms with Gasteiger partial charge in [0.2, 0.25) is 0 Å². The normalized spacial score (nSPS) is 21.6. The van der Waals surface area contributed by atoms with Gasteiger partial charge in [0.05, 0.1) is 0 Å². The van der Waals surface area contributed by atoms with Crippen molar-refractivity contribution in [3.8, 4) is 23.7 Å². The molecule has 104 valence electrons. The monoisotopic (exact) mass is 274 g/mol. The van der Waals surface area contributed by atoms with E-state index >= 15 is 0 Å². The summed E-state index contributed by atoms with van der Waals surface area (Å²) in [5, 5.41) is 0.275. The van der Waals surface area contributed by atoms with Gasteiger partial charge in [-0.1, -0.05) is 44.5 Å². The zero-order valence-electron chi connectivity index (χ0n) is 13.0. The molecule has 0 aromatic carbocycles. The highest BCUT2D eigenvalue weighted by molar-refractivity contribution is 6.74. The van der Waals surface area contributed by atoms with E-state index in [4.69, 9.17) is 4.43 Å². The first-order valence-electron chi connectivity index (χ1n) is 7.09. The fraction of sp³-hybridized carbons (Fsp3) is 0.647. The molecule has 1 atom stereocenters. The van der Waals surface area contributed by atoms with E-state index in [1.165, 1.54) is 0 Å². The van der Waals surface area contributed by atoms with Crippen LogP contribution in [0.3, 0.4) is 0 Å². The highest BCUT2D eigenvalue weighted by atomic mass is 28.4. The van der Waals surface area contributed by atoms with Crippen LogP contribution in [0.1, 0.15) is 40.0 Å². The lowest BCUT2D eigenvalue weighted by Gasteiger charge is -2.37. The van der Waals surface area contributed by atoms with Gasteiger partial charge in [-0.3, -0.25) is 0 Å². The fourth-order valence-corrected chi connectivity index (χ4v) is 2.63. The van der Waals surface area contributed by atoms with Crippen molar-refractivity contribution in [3.05, 3.63) is 12.2 Å². The van der Waals surface area contributed by atoms with Crippen molar-refractivity contribution in [2.45, 2.75) is 58.2 Å². The molecule has 1 aliphatic carbocycles. The van der Waals surface area contributed by atoms with Gasteiger partial charge in [0.15, 0.2) is 8.32 Å². The lowest BCUT2D eigenvalue weighted by atomic mass is 10.0. The Balaban J connectivity index is 2.57. The van der Waals surface area contributed by atoms with E-state index in [0.717, 1.165) is 25.9 Å². The maximum absolute atomic E-state index is 6.31. The van der Waals surface area contributed by atoms with Gasteiger partial charge in [0, 0.05) is 19.4 Å². The Morgan fingerprint density at radius 2 is 1.79 bits per heavy atom. The van der Waals surface area contributed by atoms with Crippen molar-refractivity contribution in [2.24, 2.45) is 5.92 Å². The molecule has 0 bridgehead atoms. The molecule has 1 unspecified atom stereocenters. The molecule has 0 spiro atoms. The molecule has 2 heteroatoms. The smallest absolute Gasteiger partial charge is 0.191 e. The van der Waals surface area contributed by atoms with Gasteiger partial charge in [-0.2, -0.15) is 0 Å². The minimum atomic E-state index is -1.64. The molecule has 0 heterocycles. The minimum absolute atomic E-state index is 0.275. The zero-order chi connectivity index (χ0) is 14.4. The van der Waals surface area contributed by atoms with Crippen LogP contribution < -0.4 is 0 Å². The van der Waals surface area contributed by atoms with E-state index in [1.807, 2.05) is 12.2 Å². The van der Waals surface area contributed by atoms with Crippen molar-refractivity contribution in [1.82, 2.24) is 0 Å². The standard InChI is InChI=1S/C17H26OSi/c1-17(2,3)19(4,5)18-15-16-13-11-9-7-6-8-10-12-14-16/h6-7,16H,12-15H2,1-5H3/b7-6-. The minimum Gasteiger partial charge on any atom is -0.417 e. The molecule has 19 heavy (non-hydrogen) atoms. The maximum Gasteiger partial charge on any atom is 0.191 e. The summed E-state index contributed by atoms with van der Waals surface area (Å²) in [6.07, 6.45) is 6.62. The lowest BCUT2D eigenvalue weighted by Crippen LogP contribution is -2.42. The lowest BCUT2D eigenvalue weighted by molar-refractivity contribution is 0.224. The molecule has 0 N–H and O–H groups in total. The predicted octanol–water partition coefficient (Wildman–Crippen LogP) is 4.37. The molecular weight excluding hydrogens is 248 g/mol. The summed E-state index contributed by atoms with van der Waals surface area (Å²) < 4.78 is 6.31. The quantitative estimate of drug-likeness (QED) is 0.548. The van der Waals surface area contributed by atoms with Crippen LogP contribution in [0.2, 0.25) is 18.1 Å². The molecule has 1 rings (SSSR count). The summed E-state index contributed by atoms with van der Waals surface area (Å²) in [4.78, 5) is 0. The van der Waals surface area contributed by atoms with E-state index in [-0.39, 0.29) is 5.04 Å². The number of hydrogen-bond donors (Lipinski definition) is 0. The largest absolute Gasteiger partial charge is 0.417 e. The highest BCUT2D eigenvalue weighted by Crippen LogP contribution is 2.37. The van der Waals surface area contributed by atoms with Crippen LogP contribution >= 0.6 is 0 Å². The van der Waals surface area contributed by atoms with Crippen molar-refractivity contribution in [1.29, 1.82) is 0 Å². The van der Waals surface area contributed by atoms with Crippen LogP contribution in [-0.2, 0) is 4.43 Å². The molecule has 0 aromatic rings. The molecule has 0 aromatic heterocycles. The van der Waals surface area contributed by atoms with Crippen molar-refractivity contribution < 1.29 is 4.43 Å². The third-order valence-electron chi connectivity index (χ3n) is 4.01. The third-order valence-corrected chi connectivity index (χ3v) is 8.51. The summed E-state index contributed by atoms with van der Waals surface area (Å²) in [5.74, 6) is 12.9. The second-order valence-electron chi connectivity index (χ2n) is 6.66. The summed E-state index contributed by atoms with van der Waals surface area (Å²) in [6, 6.07) is 0. The van der Waals surface area contributed by atoms with E-state index in [2.05, 4.69) is 57.5 Å². The molecule has 1 nitrogen and oxygen atoms in total. The molecule has 0 aliphatic heterocycles. The number of allylic oxidation sites excluding steroid dienone is 2. The van der Waals surface area contributed by atoms with E-state index in [9.17, 15) is 0 Å². The Morgan fingerprint density at radius 1 is 1.16 bits per heavy atom. The zero-order valence-corrected chi connectivity index (χ0v) is 14.0. The molecule has 0 saturated heterocycles. The van der Waals surface area contributed by atoms with E-state index in [1.54, 1.807) is 0 Å². The SMILES string of the molecule is CC(C)(C)[Si](C)(C)OCC1CC#C/C=C\C#CCC1. The van der Waals surface area contributed by atoms with Crippen LogP contribution in [0.4, 0.5) is 0 Å². The van der Waals surface area contributed by atoms with Crippen molar-refractivity contribution in [2.75, 3.05) is 6.61 Å². The summed E-state index contributed by atoms with van der Waals surface area (Å²) >= 11 is 0. The van der Waals surface area contributed by atoms with Crippen molar-refractivity contribution >= 4 is 8.32 Å². The van der Waals surface area contributed by atoms with Crippen LogP contribution in [-0.4, -0.2) is 14.9 Å². The summed E-state index contributed by atoms with van der Waals surface area (Å²) in [6.45, 7) is 12.3. The van der Waals surface area contributed by atoms with Crippen LogP contribution in [0, 0.1) is 29.6 Å². The molecule has 0 radical (unpaired) electrons. The van der Waals surface area contributed by atoms with Gasteiger partial charge in [-0.15, -0.1) is 0 Å². The first-order chi connectivity index (χ1) is 8.83. The van der Waals surface area contributed by atoms with E-state index in [0.29, 0.717) is 5.92 Å².